The standard InChI is InChI=1S/C10H10FNS/c1-2-3-4-13-10-6-8(11)5-9(12)7-10/h5-7H,4,12H2,1H3. The Hall–Kier alpha value is -1.14. The van der Waals surface area contributed by atoms with Crippen molar-refractivity contribution in [1.29, 1.82) is 0 Å². The third-order valence-corrected chi connectivity index (χ3v) is 2.24. The second-order valence-corrected chi connectivity index (χ2v) is 3.48. The number of nitrogen functional groups attached to an aromatic ring is 1. The molecule has 1 aromatic carbocycles. The highest BCUT2D eigenvalue weighted by molar-refractivity contribution is 7.99. The molecule has 68 valence electrons. The molecule has 0 atom stereocenters. The van der Waals surface area contributed by atoms with Gasteiger partial charge in [-0.3, -0.25) is 0 Å². The fraction of sp³-hybridized carbons (Fsp3) is 0.200. The van der Waals surface area contributed by atoms with Gasteiger partial charge in [-0.2, -0.15) is 0 Å². The van der Waals surface area contributed by atoms with Gasteiger partial charge in [0.15, 0.2) is 0 Å². The molecule has 3 heteroatoms. The molecule has 0 unspecified atom stereocenters. The average molecular weight is 195 g/mol. The molecule has 1 rings (SSSR count). The Bertz CT molecular complexity index is 331. The molecule has 0 heterocycles. The second kappa shape index (κ2) is 4.78. The molecular formula is C10H10FNS. The Morgan fingerprint density at radius 2 is 2.23 bits per heavy atom. The summed E-state index contributed by atoms with van der Waals surface area (Å²) in [5, 5.41) is 0. The van der Waals surface area contributed by atoms with Gasteiger partial charge in [-0.05, 0) is 25.1 Å². The molecule has 0 bridgehead atoms. The molecule has 0 aromatic heterocycles. The molecule has 2 N–H and O–H groups in total. The highest BCUT2D eigenvalue weighted by Crippen LogP contribution is 2.21. The van der Waals surface area contributed by atoms with Crippen molar-refractivity contribution in [3.63, 3.8) is 0 Å². The maximum Gasteiger partial charge on any atom is 0.126 e. The lowest BCUT2D eigenvalue weighted by Crippen LogP contribution is -1.87. The van der Waals surface area contributed by atoms with E-state index in [0.29, 0.717) is 11.4 Å². The van der Waals surface area contributed by atoms with E-state index in [1.807, 2.05) is 0 Å². The number of rotatable bonds is 2. The first kappa shape index (κ1) is 9.94. The smallest absolute Gasteiger partial charge is 0.126 e. The Morgan fingerprint density at radius 1 is 1.46 bits per heavy atom. The molecule has 13 heavy (non-hydrogen) atoms. The Balaban J connectivity index is 2.69. The number of benzene rings is 1. The molecular weight excluding hydrogens is 185 g/mol. The third kappa shape index (κ3) is 3.39. The summed E-state index contributed by atoms with van der Waals surface area (Å²) in [6, 6.07) is 4.50. The number of nitrogens with two attached hydrogens (primary N) is 1. The van der Waals surface area contributed by atoms with Crippen LogP contribution in [-0.2, 0) is 0 Å². The summed E-state index contributed by atoms with van der Waals surface area (Å²) in [6.45, 7) is 1.78. The number of anilines is 1. The number of thioether (sulfide) groups is 1. The van der Waals surface area contributed by atoms with Gasteiger partial charge in [0.1, 0.15) is 5.82 Å². The quantitative estimate of drug-likeness (QED) is 0.446. The predicted molar refractivity (Wildman–Crippen MR) is 55.0 cm³/mol. The van der Waals surface area contributed by atoms with Crippen LogP contribution in [0.2, 0.25) is 0 Å². The van der Waals surface area contributed by atoms with Crippen molar-refractivity contribution < 1.29 is 4.39 Å². The first-order chi connectivity index (χ1) is 6.22. The zero-order chi connectivity index (χ0) is 9.68. The van der Waals surface area contributed by atoms with Crippen molar-refractivity contribution in [3.05, 3.63) is 24.0 Å². The highest BCUT2D eigenvalue weighted by atomic mass is 32.2. The molecule has 0 amide bonds. The van der Waals surface area contributed by atoms with Gasteiger partial charge in [-0.15, -0.1) is 17.7 Å². The maximum atomic E-state index is 12.8. The first-order valence-corrected chi connectivity index (χ1v) is 4.79. The molecule has 1 nitrogen and oxygen atoms in total. The molecule has 0 radical (unpaired) electrons. The van der Waals surface area contributed by atoms with Gasteiger partial charge in [0, 0.05) is 10.6 Å². The van der Waals surface area contributed by atoms with E-state index in [0.717, 1.165) is 4.90 Å². The third-order valence-electron chi connectivity index (χ3n) is 1.38. The summed E-state index contributed by atoms with van der Waals surface area (Å²) in [6.07, 6.45) is 0. The molecule has 1 aromatic rings. The minimum Gasteiger partial charge on any atom is -0.399 e. The van der Waals surface area contributed by atoms with Crippen LogP contribution >= 0.6 is 11.8 Å². The fourth-order valence-electron chi connectivity index (χ4n) is 0.859. The zero-order valence-electron chi connectivity index (χ0n) is 7.30. The Labute approximate surface area is 81.5 Å². The van der Waals surface area contributed by atoms with E-state index in [9.17, 15) is 4.39 Å². The van der Waals surface area contributed by atoms with Gasteiger partial charge >= 0.3 is 0 Å². The summed E-state index contributed by atoms with van der Waals surface area (Å²) < 4.78 is 12.8. The summed E-state index contributed by atoms with van der Waals surface area (Å²) in [5.74, 6) is 6.02. The van der Waals surface area contributed by atoms with Crippen molar-refractivity contribution in [2.24, 2.45) is 0 Å². The predicted octanol–water partition coefficient (Wildman–Crippen LogP) is 2.52. The second-order valence-electron chi connectivity index (χ2n) is 2.44. The lowest BCUT2D eigenvalue weighted by atomic mass is 10.3. The van der Waals surface area contributed by atoms with Crippen molar-refractivity contribution in [3.8, 4) is 11.8 Å². The minimum absolute atomic E-state index is 0.299. The first-order valence-electron chi connectivity index (χ1n) is 3.81. The lowest BCUT2D eigenvalue weighted by Gasteiger charge is -1.99. The van der Waals surface area contributed by atoms with E-state index in [4.69, 9.17) is 5.73 Å². The van der Waals surface area contributed by atoms with Gasteiger partial charge in [0.05, 0.1) is 5.75 Å². The molecule has 0 saturated heterocycles. The van der Waals surface area contributed by atoms with E-state index >= 15 is 0 Å². The fourth-order valence-corrected chi connectivity index (χ4v) is 1.66. The van der Waals surface area contributed by atoms with E-state index in [-0.39, 0.29) is 5.82 Å². The largest absolute Gasteiger partial charge is 0.399 e. The summed E-state index contributed by atoms with van der Waals surface area (Å²) in [7, 11) is 0. The van der Waals surface area contributed by atoms with Crippen LogP contribution in [0.25, 0.3) is 0 Å². The molecule has 0 fully saturated rings. The highest BCUT2D eigenvalue weighted by Gasteiger charge is 1.97. The number of hydrogen-bond acceptors (Lipinski definition) is 2. The Morgan fingerprint density at radius 3 is 2.85 bits per heavy atom. The summed E-state index contributed by atoms with van der Waals surface area (Å²) in [4.78, 5) is 0.820. The van der Waals surface area contributed by atoms with Crippen molar-refractivity contribution >= 4 is 17.4 Å². The maximum absolute atomic E-state index is 12.8. The molecule has 0 saturated carbocycles. The van der Waals surface area contributed by atoms with Gasteiger partial charge < -0.3 is 5.73 Å². The van der Waals surface area contributed by atoms with E-state index < -0.39 is 0 Å². The molecule has 0 aliphatic heterocycles. The van der Waals surface area contributed by atoms with Crippen LogP contribution in [0, 0.1) is 17.7 Å². The monoisotopic (exact) mass is 195 g/mol. The van der Waals surface area contributed by atoms with Gasteiger partial charge in [0.2, 0.25) is 0 Å². The molecule has 0 aliphatic rings. The van der Waals surface area contributed by atoms with Gasteiger partial charge in [-0.25, -0.2) is 4.39 Å². The molecule has 0 spiro atoms. The van der Waals surface area contributed by atoms with Crippen molar-refractivity contribution in [2.75, 3.05) is 11.5 Å². The van der Waals surface area contributed by atoms with Crippen LogP contribution in [0.5, 0.6) is 0 Å². The van der Waals surface area contributed by atoms with Crippen molar-refractivity contribution in [1.82, 2.24) is 0 Å². The van der Waals surface area contributed by atoms with Gasteiger partial charge in [-0.1, -0.05) is 5.92 Å². The molecule has 0 aliphatic carbocycles. The van der Waals surface area contributed by atoms with Crippen LogP contribution < -0.4 is 5.73 Å². The SMILES string of the molecule is CC#CCSc1cc(N)cc(F)c1. The van der Waals surface area contributed by atoms with Crippen LogP contribution in [0.1, 0.15) is 6.92 Å². The van der Waals surface area contributed by atoms with E-state index in [1.165, 1.54) is 23.9 Å². The number of halogens is 1. The average Bonchev–Trinajstić information content (AvgIpc) is 2.03. The normalized spacial score (nSPS) is 9.08. The zero-order valence-corrected chi connectivity index (χ0v) is 8.12. The van der Waals surface area contributed by atoms with Crippen LogP contribution in [0.15, 0.2) is 23.1 Å². The van der Waals surface area contributed by atoms with Crippen LogP contribution in [-0.4, -0.2) is 5.75 Å². The summed E-state index contributed by atoms with van der Waals surface area (Å²) >= 11 is 1.48. The van der Waals surface area contributed by atoms with Gasteiger partial charge in [0.25, 0.3) is 0 Å². The lowest BCUT2D eigenvalue weighted by molar-refractivity contribution is 0.625. The van der Waals surface area contributed by atoms with Crippen LogP contribution in [0.4, 0.5) is 10.1 Å². The van der Waals surface area contributed by atoms with Crippen LogP contribution in [0.3, 0.4) is 0 Å². The Kier molecular flexibility index (Phi) is 3.66. The topological polar surface area (TPSA) is 26.0 Å². The number of hydrogen-bond donors (Lipinski definition) is 1. The van der Waals surface area contributed by atoms with E-state index in [2.05, 4.69) is 11.8 Å². The summed E-state index contributed by atoms with van der Waals surface area (Å²) in [5.41, 5.74) is 5.93. The van der Waals surface area contributed by atoms with Crippen molar-refractivity contribution in [2.45, 2.75) is 11.8 Å². The minimum atomic E-state index is -0.299. The van der Waals surface area contributed by atoms with E-state index in [1.54, 1.807) is 13.0 Å².